The summed E-state index contributed by atoms with van der Waals surface area (Å²) in [6.45, 7) is 7.16. The van der Waals surface area contributed by atoms with Crippen molar-refractivity contribution in [3.63, 3.8) is 0 Å². The largest absolute Gasteiger partial charge is 0.355 e. The van der Waals surface area contributed by atoms with Gasteiger partial charge in [0.15, 0.2) is 11.6 Å². The summed E-state index contributed by atoms with van der Waals surface area (Å²) >= 11 is 0. The summed E-state index contributed by atoms with van der Waals surface area (Å²) in [6, 6.07) is 12.0. The minimum absolute atomic E-state index is 0.116. The number of hydrogen-bond donors (Lipinski definition) is 0. The van der Waals surface area contributed by atoms with Crippen molar-refractivity contribution >= 4 is 17.5 Å². The normalized spacial score (nSPS) is 17.9. The summed E-state index contributed by atoms with van der Waals surface area (Å²) in [7, 11) is 0. The van der Waals surface area contributed by atoms with Gasteiger partial charge in [-0.05, 0) is 50.5 Å². The van der Waals surface area contributed by atoms with Gasteiger partial charge in [-0.25, -0.2) is 0 Å². The topological polar surface area (TPSA) is 52.6 Å². The van der Waals surface area contributed by atoms with Gasteiger partial charge in [-0.3, -0.25) is 4.79 Å². The van der Waals surface area contributed by atoms with Gasteiger partial charge in [0.05, 0.1) is 0 Å². The summed E-state index contributed by atoms with van der Waals surface area (Å²) in [5, 5.41) is 8.89. The molecule has 2 aromatic rings. The van der Waals surface area contributed by atoms with Gasteiger partial charge in [-0.2, -0.15) is 0 Å². The highest BCUT2D eigenvalue weighted by Gasteiger charge is 2.23. The molecule has 1 aromatic heterocycles. The summed E-state index contributed by atoms with van der Waals surface area (Å²) in [5.41, 5.74) is 1.89. The molecule has 0 radical (unpaired) electrons. The molecule has 2 aliphatic heterocycles. The van der Waals surface area contributed by atoms with Crippen LogP contribution in [0, 0.1) is 6.92 Å². The van der Waals surface area contributed by atoms with E-state index in [1.54, 1.807) is 0 Å². The van der Waals surface area contributed by atoms with Crippen LogP contribution >= 0.6 is 0 Å². The van der Waals surface area contributed by atoms with E-state index in [0.717, 1.165) is 48.9 Å². The molecule has 1 amide bonds. The van der Waals surface area contributed by atoms with Crippen molar-refractivity contribution in [2.75, 3.05) is 49.1 Å². The molecule has 0 aliphatic carbocycles. The molecule has 6 heteroatoms. The number of anilines is 2. The van der Waals surface area contributed by atoms with Crippen molar-refractivity contribution in [2.45, 2.75) is 26.2 Å². The number of aromatic nitrogens is 2. The molecule has 6 nitrogen and oxygen atoms in total. The molecule has 0 unspecified atom stereocenters. The van der Waals surface area contributed by atoms with Crippen LogP contribution in [-0.2, 0) is 0 Å². The number of piperidine rings is 1. The molecular weight excluding hydrogens is 338 g/mol. The number of nitrogens with zero attached hydrogens (tertiary/aromatic N) is 5. The van der Waals surface area contributed by atoms with Crippen molar-refractivity contribution in [1.29, 1.82) is 0 Å². The Balaban J connectivity index is 1.35. The van der Waals surface area contributed by atoms with Crippen molar-refractivity contribution < 1.29 is 4.79 Å². The Hall–Kier alpha value is -2.63. The van der Waals surface area contributed by atoms with E-state index in [4.69, 9.17) is 0 Å². The summed E-state index contributed by atoms with van der Waals surface area (Å²) in [6.07, 6.45) is 3.79. The lowest BCUT2D eigenvalue weighted by Gasteiger charge is -2.35. The second-order valence-electron chi connectivity index (χ2n) is 7.45. The molecule has 0 bridgehead atoms. The number of amides is 1. The van der Waals surface area contributed by atoms with Gasteiger partial charge in [-0.1, -0.05) is 17.7 Å². The quantitative estimate of drug-likeness (QED) is 0.837. The van der Waals surface area contributed by atoms with Crippen LogP contribution in [0.4, 0.5) is 11.6 Å². The molecule has 0 atom stereocenters. The zero-order valence-corrected chi connectivity index (χ0v) is 16.0. The van der Waals surface area contributed by atoms with E-state index in [-0.39, 0.29) is 5.91 Å². The van der Waals surface area contributed by atoms with Gasteiger partial charge in [0, 0.05) is 44.8 Å². The van der Waals surface area contributed by atoms with Crippen molar-refractivity contribution in [1.82, 2.24) is 15.1 Å². The molecule has 27 heavy (non-hydrogen) atoms. The van der Waals surface area contributed by atoms with Crippen LogP contribution in [0.2, 0.25) is 0 Å². The Kier molecular flexibility index (Phi) is 5.23. The van der Waals surface area contributed by atoms with E-state index in [1.165, 1.54) is 19.3 Å². The van der Waals surface area contributed by atoms with Gasteiger partial charge in [0.1, 0.15) is 0 Å². The van der Waals surface area contributed by atoms with Crippen LogP contribution in [0.3, 0.4) is 0 Å². The first-order valence-corrected chi connectivity index (χ1v) is 9.90. The van der Waals surface area contributed by atoms with E-state index in [0.29, 0.717) is 13.1 Å². The van der Waals surface area contributed by atoms with E-state index in [9.17, 15) is 4.79 Å². The van der Waals surface area contributed by atoms with Gasteiger partial charge in [-0.15, -0.1) is 10.2 Å². The third-order valence-electron chi connectivity index (χ3n) is 5.47. The Bertz CT molecular complexity index is 777. The first kappa shape index (κ1) is 17.8. The predicted octanol–water partition coefficient (Wildman–Crippen LogP) is 2.74. The van der Waals surface area contributed by atoms with Gasteiger partial charge < -0.3 is 14.7 Å². The first-order chi connectivity index (χ1) is 13.2. The average molecular weight is 365 g/mol. The van der Waals surface area contributed by atoms with E-state index in [2.05, 4.69) is 32.1 Å². The minimum atomic E-state index is 0.116. The van der Waals surface area contributed by atoms with E-state index < -0.39 is 0 Å². The number of aryl methyl sites for hydroxylation is 1. The van der Waals surface area contributed by atoms with Crippen LogP contribution in [0.25, 0.3) is 0 Å². The Morgan fingerprint density at radius 2 is 1.44 bits per heavy atom. The second kappa shape index (κ2) is 7.94. The van der Waals surface area contributed by atoms with Crippen LogP contribution in [-0.4, -0.2) is 60.3 Å². The van der Waals surface area contributed by atoms with Crippen molar-refractivity contribution in [2.24, 2.45) is 0 Å². The number of rotatable bonds is 3. The molecule has 2 aliphatic rings. The Labute approximate surface area is 160 Å². The fourth-order valence-electron chi connectivity index (χ4n) is 3.88. The van der Waals surface area contributed by atoms with Crippen molar-refractivity contribution in [3.8, 4) is 0 Å². The van der Waals surface area contributed by atoms with Crippen molar-refractivity contribution in [3.05, 3.63) is 47.5 Å². The molecule has 142 valence electrons. The second-order valence-corrected chi connectivity index (χ2v) is 7.45. The molecule has 4 rings (SSSR count). The molecule has 0 saturated carbocycles. The first-order valence-electron chi connectivity index (χ1n) is 9.90. The Morgan fingerprint density at radius 1 is 0.815 bits per heavy atom. The standard InChI is InChI=1S/C21H27N5O/c1-17-6-5-7-18(16-17)21(27)26-14-12-25(13-15-26)20-9-8-19(22-23-20)24-10-3-2-4-11-24/h5-9,16H,2-4,10-15H2,1H3. The van der Waals surface area contributed by atoms with Crippen LogP contribution < -0.4 is 9.80 Å². The van der Waals surface area contributed by atoms with Gasteiger partial charge in [0.25, 0.3) is 5.91 Å². The van der Waals surface area contributed by atoms with Crippen LogP contribution in [0.1, 0.15) is 35.2 Å². The highest BCUT2D eigenvalue weighted by atomic mass is 16.2. The lowest BCUT2D eigenvalue weighted by atomic mass is 10.1. The maximum Gasteiger partial charge on any atom is 0.253 e. The van der Waals surface area contributed by atoms with E-state index in [1.807, 2.05) is 36.1 Å². The molecule has 0 spiro atoms. The third-order valence-corrected chi connectivity index (χ3v) is 5.47. The summed E-state index contributed by atoms with van der Waals surface area (Å²) in [5.74, 6) is 2.00. The van der Waals surface area contributed by atoms with Gasteiger partial charge >= 0.3 is 0 Å². The maximum absolute atomic E-state index is 12.7. The lowest BCUT2D eigenvalue weighted by molar-refractivity contribution is 0.0746. The molecule has 3 heterocycles. The zero-order chi connectivity index (χ0) is 18.6. The number of carbonyl (C=O) groups is 1. The fraction of sp³-hybridized carbons (Fsp3) is 0.476. The fourth-order valence-corrected chi connectivity index (χ4v) is 3.88. The number of carbonyl (C=O) groups excluding carboxylic acids is 1. The van der Waals surface area contributed by atoms with Crippen LogP contribution in [0.15, 0.2) is 36.4 Å². The highest BCUT2D eigenvalue weighted by molar-refractivity contribution is 5.94. The minimum Gasteiger partial charge on any atom is -0.355 e. The zero-order valence-electron chi connectivity index (χ0n) is 16.0. The Morgan fingerprint density at radius 3 is 2.04 bits per heavy atom. The van der Waals surface area contributed by atoms with E-state index >= 15 is 0 Å². The molecular formula is C21H27N5O. The lowest BCUT2D eigenvalue weighted by Crippen LogP contribution is -2.49. The summed E-state index contributed by atoms with van der Waals surface area (Å²) < 4.78 is 0. The SMILES string of the molecule is Cc1cccc(C(=O)N2CCN(c3ccc(N4CCCCC4)nn3)CC2)c1. The molecule has 2 saturated heterocycles. The summed E-state index contributed by atoms with van der Waals surface area (Å²) in [4.78, 5) is 19.2. The number of piperazine rings is 1. The molecule has 1 aromatic carbocycles. The molecule has 0 N–H and O–H groups in total. The highest BCUT2D eigenvalue weighted by Crippen LogP contribution is 2.20. The average Bonchev–Trinajstić information content (AvgIpc) is 2.74. The number of benzene rings is 1. The van der Waals surface area contributed by atoms with Crippen LogP contribution in [0.5, 0.6) is 0 Å². The molecule has 2 fully saturated rings. The predicted molar refractivity (Wildman–Crippen MR) is 107 cm³/mol. The van der Waals surface area contributed by atoms with Gasteiger partial charge in [0.2, 0.25) is 0 Å². The number of hydrogen-bond acceptors (Lipinski definition) is 5. The smallest absolute Gasteiger partial charge is 0.253 e. The maximum atomic E-state index is 12.7. The third kappa shape index (κ3) is 4.04. The monoisotopic (exact) mass is 365 g/mol.